The third-order valence-corrected chi connectivity index (χ3v) is 34.6. The van der Waals surface area contributed by atoms with Crippen LogP contribution in [0.4, 0.5) is 0 Å². The summed E-state index contributed by atoms with van der Waals surface area (Å²) < 4.78 is 0. The molecule has 6 aromatic heterocycles. The lowest BCUT2D eigenvalue weighted by Crippen LogP contribution is -2.74. The van der Waals surface area contributed by atoms with Crippen molar-refractivity contribution < 1.29 is 0 Å². The third-order valence-electron chi connectivity index (χ3n) is 25.1. The molecule has 24 rings (SSSR count). The van der Waals surface area contributed by atoms with Crippen molar-refractivity contribution in [1.82, 2.24) is 59.8 Å². The Morgan fingerprint density at radius 3 is 0.692 bits per heavy atom. The van der Waals surface area contributed by atoms with Crippen molar-refractivity contribution in [2.45, 2.75) is 0 Å². The average Bonchev–Trinajstić information content (AvgIpc) is 0.734. The van der Waals surface area contributed by atoms with Crippen molar-refractivity contribution in [3.05, 3.63) is 608 Å². The molecule has 146 heavy (non-hydrogen) atoms. The molecule has 696 valence electrons. The maximum Gasteiger partial charge on any atom is 0.179 e. The van der Waals surface area contributed by atoms with Crippen LogP contribution in [0.3, 0.4) is 0 Å². The molecule has 14 heteroatoms. The minimum absolute atomic E-state index is 0.673. The molecule has 24 aromatic rings. The summed E-state index contributed by atoms with van der Waals surface area (Å²) in [5, 5.41) is 10.9. The fourth-order valence-electron chi connectivity index (χ4n) is 18.0. The van der Waals surface area contributed by atoms with Gasteiger partial charge in [0.15, 0.2) is 45.3 Å². The van der Waals surface area contributed by atoms with Crippen LogP contribution in [-0.2, 0) is 0 Å². The van der Waals surface area contributed by atoms with Gasteiger partial charge in [-0.1, -0.05) is 528 Å². The molecule has 0 bridgehead atoms. The molecule has 0 aliphatic rings. The molecule has 6 heterocycles. The van der Waals surface area contributed by atoms with Gasteiger partial charge in [0.1, 0.15) is 19.0 Å². The molecule has 0 unspecified atom stereocenters. The summed E-state index contributed by atoms with van der Waals surface area (Å²) in [7, 11) is -5.00. The first-order chi connectivity index (χ1) is 72.4. The van der Waals surface area contributed by atoms with Crippen molar-refractivity contribution in [3.63, 3.8) is 0 Å². The van der Waals surface area contributed by atoms with Gasteiger partial charge in [0.25, 0.3) is 0 Å². The summed E-state index contributed by atoms with van der Waals surface area (Å²) in [6.07, 6.45) is 12.1. The molecule has 0 spiro atoms. The summed E-state index contributed by atoms with van der Waals surface area (Å²) in [5.41, 5.74) is 20.5. The molecular weight excluding hydrogens is 1810 g/mol. The summed E-state index contributed by atoms with van der Waals surface area (Å²) in [4.78, 5) is 52.9. The van der Waals surface area contributed by atoms with Crippen molar-refractivity contribution in [1.29, 1.82) is 0 Å². The molecule has 0 aliphatic carbocycles. The second-order valence-corrected chi connectivity index (χ2v) is 41.8. The lowest BCUT2D eigenvalue weighted by molar-refractivity contribution is 1.06. The van der Waals surface area contributed by atoms with Crippen LogP contribution in [0.2, 0.25) is 0 Å². The highest BCUT2D eigenvalue weighted by atomic mass is 28.3. The average molecular weight is 1910 g/mol. The molecule has 0 saturated heterocycles. The largest absolute Gasteiger partial charge is 0.256 e. The second-order valence-electron chi connectivity index (χ2n) is 34.2. The van der Waals surface area contributed by atoms with E-state index in [2.05, 4.69) is 419 Å². The highest BCUT2D eigenvalue weighted by Crippen LogP contribution is 2.31. The second kappa shape index (κ2) is 48.6. The zero-order valence-corrected chi connectivity index (χ0v) is 82.1. The van der Waals surface area contributed by atoms with Gasteiger partial charge in [-0.2, -0.15) is 0 Å². The molecular formula is C132H100N12Si2. The van der Waals surface area contributed by atoms with Crippen molar-refractivity contribution >= 4 is 57.6 Å². The van der Waals surface area contributed by atoms with Crippen LogP contribution in [0.25, 0.3) is 135 Å². The molecule has 0 radical (unpaired) electrons. The van der Waals surface area contributed by atoms with Gasteiger partial charge in [0.2, 0.25) is 0 Å². The topological polar surface area (TPSA) is 155 Å². The molecule has 0 fully saturated rings. The van der Waals surface area contributed by atoms with Crippen LogP contribution in [0.5, 0.6) is 0 Å². The van der Waals surface area contributed by atoms with Gasteiger partial charge in [-0.05, 0) is 111 Å². The Balaban J connectivity index is 0.000000112. The Hall–Kier alpha value is -19.1. The van der Waals surface area contributed by atoms with E-state index in [1.807, 2.05) is 213 Å². The number of hydrogen-bond donors (Lipinski definition) is 0. The predicted octanol–water partition coefficient (Wildman–Crippen LogP) is 25.6. The lowest BCUT2D eigenvalue weighted by Gasteiger charge is -2.34. The SMILES string of the molecule is c1ccc(-c2ccc(-c3ncnc(-c4ccc(-c5ccccc5)cc4)n3)cc2)cc1.c1ccc(-c2ccnc(-c3ccccc3)c2)cc1.c1ccc(-c2ccnc(-c3ccccc3)n2)cc1.c1ccc(-c2ncnc(-c3ccccc3)n2)cc1.c1ccc([Si](c2ccccc2)(c2ccccc2)c2cccc(-c3ccccn3)c2)cc1.c1ccc([Si](c2ccccc2)(c2ccccc2)c2cccc(-c3ccncn3)c2)cc1. The third kappa shape index (κ3) is 23.6. The number of nitrogens with zero attached hydrogens (tertiary/aromatic N) is 12. The standard InChI is InChI=1S/C29H23NSi.C28H22N2Si.C27H19N3.C17H13N.C16H12N2.C15H11N3/c1-4-14-25(15-5-1)31(26-16-6-2-7-17-26,27-18-8-3-9-19-27)28-20-12-13-24(23-28)29-21-10-11-22-30-29;1-4-12-24(13-5-1)31(25-14-6-2-7-15-25,26-16-8-3-9-17-26)27-18-10-11-23(21-27)28-19-20-29-22-30-28;1-3-7-20(8-4-1)22-11-15-24(16-12-22)26-28-19-29-27(30-26)25-17-13-23(14-18-25)21-9-5-2-6-10-21;1-3-7-14(8-4-1)16-11-12-18-17(13-16)15-9-5-2-6-10-15;1-3-7-13(8-4-1)15-11-12-17-16(18-15)14-9-5-2-6-10-14;1-3-7-12(8-4-1)14-16-11-17-15(18-14)13-9-5-2-6-10-13/h1-23H;1-22H;1-19H;1-13H;1-12H;1-11H. The van der Waals surface area contributed by atoms with Crippen molar-refractivity contribution in [3.8, 4) is 135 Å². The van der Waals surface area contributed by atoms with Crippen LogP contribution < -0.4 is 41.5 Å². The van der Waals surface area contributed by atoms with Gasteiger partial charge in [0.05, 0.1) is 22.8 Å². The maximum atomic E-state index is 4.70. The van der Waals surface area contributed by atoms with E-state index >= 15 is 0 Å². The van der Waals surface area contributed by atoms with E-state index in [-0.39, 0.29) is 0 Å². The van der Waals surface area contributed by atoms with Crippen LogP contribution >= 0.6 is 0 Å². The zero-order valence-electron chi connectivity index (χ0n) is 80.1. The maximum absolute atomic E-state index is 4.70. The Morgan fingerprint density at radius 1 is 0.116 bits per heavy atom. The summed E-state index contributed by atoms with van der Waals surface area (Å²) in [6, 6.07) is 196. The molecule has 18 aromatic carbocycles. The van der Waals surface area contributed by atoms with Gasteiger partial charge in [-0.15, -0.1) is 0 Å². The number of hydrogen-bond acceptors (Lipinski definition) is 12. The Kier molecular flexibility index (Phi) is 31.9. The van der Waals surface area contributed by atoms with Gasteiger partial charge in [-0.3, -0.25) is 9.97 Å². The summed E-state index contributed by atoms with van der Waals surface area (Å²) >= 11 is 0. The molecule has 0 atom stereocenters. The number of rotatable bonds is 20. The zero-order chi connectivity index (χ0) is 98.7. The normalized spacial score (nSPS) is 10.7. The predicted molar refractivity (Wildman–Crippen MR) is 605 cm³/mol. The van der Waals surface area contributed by atoms with Gasteiger partial charge >= 0.3 is 0 Å². The minimum atomic E-state index is -2.51. The van der Waals surface area contributed by atoms with Crippen LogP contribution in [-0.4, -0.2) is 76.0 Å². The molecule has 0 saturated carbocycles. The van der Waals surface area contributed by atoms with Gasteiger partial charge < -0.3 is 0 Å². The monoisotopic (exact) mass is 1910 g/mol. The van der Waals surface area contributed by atoms with E-state index in [0.717, 1.165) is 78.7 Å². The lowest BCUT2D eigenvalue weighted by atomic mass is 10.0. The summed E-state index contributed by atoms with van der Waals surface area (Å²) in [6.45, 7) is 0. The van der Waals surface area contributed by atoms with Gasteiger partial charge in [0, 0.05) is 74.9 Å². The quantitative estimate of drug-likeness (QED) is 0.0527. The minimum Gasteiger partial charge on any atom is -0.256 e. The molecule has 12 nitrogen and oxygen atoms in total. The van der Waals surface area contributed by atoms with Gasteiger partial charge in [-0.25, -0.2) is 49.8 Å². The highest BCUT2D eigenvalue weighted by Gasteiger charge is 2.43. The Morgan fingerprint density at radius 2 is 0.363 bits per heavy atom. The van der Waals surface area contributed by atoms with E-state index in [0.29, 0.717) is 23.3 Å². The van der Waals surface area contributed by atoms with E-state index in [1.165, 1.54) is 74.9 Å². The molecule has 0 N–H and O–H groups in total. The Labute approximate surface area is 854 Å². The van der Waals surface area contributed by atoms with Crippen LogP contribution in [0, 0.1) is 0 Å². The molecule has 0 amide bonds. The van der Waals surface area contributed by atoms with E-state index in [4.69, 9.17) is 4.98 Å². The first-order valence-corrected chi connectivity index (χ1v) is 52.5. The van der Waals surface area contributed by atoms with Crippen molar-refractivity contribution in [2.24, 2.45) is 0 Å². The molecule has 0 aliphatic heterocycles. The number of benzene rings is 18. The summed E-state index contributed by atoms with van der Waals surface area (Å²) in [5.74, 6) is 3.50. The smallest absolute Gasteiger partial charge is 0.179 e. The van der Waals surface area contributed by atoms with E-state index in [1.54, 1.807) is 31.4 Å². The Bertz CT molecular complexity index is 7180. The van der Waals surface area contributed by atoms with Crippen LogP contribution in [0.15, 0.2) is 608 Å². The fourth-order valence-corrected chi connectivity index (χ4v) is 27.6. The first kappa shape index (κ1) is 95.8. The number of aromatic nitrogens is 12. The first-order valence-electron chi connectivity index (χ1n) is 48.5. The van der Waals surface area contributed by atoms with E-state index in [9.17, 15) is 0 Å². The number of pyridine rings is 2. The highest BCUT2D eigenvalue weighted by molar-refractivity contribution is 7.20. The fraction of sp³-hybridized carbons (Fsp3) is 0. The van der Waals surface area contributed by atoms with Crippen LogP contribution in [0.1, 0.15) is 0 Å². The van der Waals surface area contributed by atoms with Crippen molar-refractivity contribution in [2.75, 3.05) is 0 Å². The van der Waals surface area contributed by atoms with E-state index < -0.39 is 16.1 Å².